The second kappa shape index (κ2) is 3.97. The molecule has 0 saturated carbocycles. The quantitative estimate of drug-likeness (QED) is 0.687. The Kier molecular flexibility index (Phi) is 3.36. The lowest BCUT2D eigenvalue weighted by Crippen LogP contribution is -2.41. The van der Waals surface area contributed by atoms with Crippen molar-refractivity contribution in [3.05, 3.63) is 0 Å². The molecule has 0 atom stereocenters. The first kappa shape index (κ1) is 11.0. The predicted molar refractivity (Wildman–Crippen MR) is 55.7 cm³/mol. The lowest BCUT2D eigenvalue weighted by molar-refractivity contribution is 0.0473. The van der Waals surface area contributed by atoms with Crippen molar-refractivity contribution in [1.29, 1.82) is 0 Å². The summed E-state index contributed by atoms with van der Waals surface area (Å²) in [5.74, 6) is 0. The largest absolute Gasteiger partial charge is 0.396 e. The third kappa shape index (κ3) is 3.28. The summed E-state index contributed by atoms with van der Waals surface area (Å²) in [5.41, 5.74) is 0.531. The molecule has 1 fully saturated rings. The molecule has 2 nitrogen and oxygen atoms in total. The molecule has 0 aromatic carbocycles. The van der Waals surface area contributed by atoms with Crippen LogP contribution in [0.1, 0.15) is 40.0 Å². The number of hydrogen-bond donors (Lipinski definition) is 2. The van der Waals surface area contributed by atoms with Crippen LogP contribution in [0.2, 0.25) is 0 Å². The van der Waals surface area contributed by atoms with Gasteiger partial charge in [-0.25, -0.2) is 0 Å². The fourth-order valence-electron chi connectivity index (χ4n) is 2.47. The molecule has 0 aliphatic carbocycles. The van der Waals surface area contributed by atoms with E-state index in [1.54, 1.807) is 0 Å². The van der Waals surface area contributed by atoms with Crippen molar-refractivity contribution < 1.29 is 5.11 Å². The monoisotopic (exact) mass is 185 g/mol. The van der Waals surface area contributed by atoms with E-state index in [9.17, 15) is 5.11 Å². The molecule has 1 saturated heterocycles. The molecular weight excluding hydrogens is 162 g/mol. The first-order valence-electron chi connectivity index (χ1n) is 5.29. The maximum atomic E-state index is 9.48. The van der Waals surface area contributed by atoms with Gasteiger partial charge in [-0.1, -0.05) is 20.8 Å². The molecule has 1 rings (SSSR count). The van der Waals surface area contributed by atoms with Gasteiger partial charge in [-0.2, -0.15) is 0 Å². The highest BCUT2D eigenvalue weighted by atomic mass is 16.3. The Morgan fingerprint density at radius 3 is 2.15 bits per heavy atom. The van der Waals surface area contributed by atoms with Crippen molar-refractivity contribution in [2.45, 2.75) is 40.0 Å². The van der Waals surface area contributed by atoms with Crippen LogP contribution in [0.15, 0.2) is 0 Å². The van der Waals surface area contributed by atoms with Crippen LogP contribution in [0.3, 0.4) is 0 Å². The van der Waals surface area contributed by atoms with E-state index in [2.05, 4.69) is 26.1 Å². The predicted octanol–water partition coefficient (Wildman–Crippen LogP) is 1.78. The first-order valence-corrected chi connectivity index (χ1v) is 5.29. The van der Waals surface area contributed by atoms with Gasteiger partial charge in [0.05, 0.1) is 0 Å². The maximum absolute atomic E-state index is 9.48. The Balaban J connectivity index is 2.57. The fraction of sp³-hybridized carbons (Fsp3) is 1.00. The van der Waals surface area contributed by atoms with Crippen LogP contribution < -0.4 is 5.32 Å². The SMILES string of the molecule is CC(C)(C)CC1(CO)CCNCC1. The summed E-state index contributed by atoms with van der Waals surface area (Å²) in [6.45, 7) is 9.25. The Bertz CT molecular complexity index is 154. The summed E-state index contributed by atoms with van der Waals surface area (Å²) in [7, 11) is 0. The Hall–Kier alpha value is -0.0800. The Morgan fingerprint density at radius 2 is 1.77 bits per heavy atom. The topological polar surface area (TPSA) is 32.3 Å². The second-order valence-corrected chi connectivity index (χ2v) is 5.65. The summed E-state index contributed by atoms with van der Waals surface area (Å²) >= 11 is 0. The third-order valence-electron chi connectivity index (χ3n) is 2.90. The first-order chi connectivity index (χ1) is 5.97. The van der Waals surface area contributed by atoms with Gasteiger partial charge in [0.15, 0.2) is 0 Å². The molecule has 0 bridgehead atoms. The Morgan fingerprint density at radius 1 is 1.23 bits per heavy atom. The molecule has 0 spiro atoms. The van der Waals surface area contributed by atoms with Crippen LogP contribution in [0, 0.1) is 10.8 Å². The van der Waals surface area contributed by atoms with Crippen molar-refractivity contribution >= 4 is 0 Å². The van der Waals surface area contributed by atoms with Gasteiger partial charge in [0, 0.05) is 6.61 Å². The van der Waals surface area contributed by atoms with Gasteiger partial charge in [-0.3, -0.25) is 0 Å². The number of aliphatic hydroxyl groups is 1. The van der Waals surface area contributed by atoms with Gasteiger partial charge in [0.25, 0.3) is 0 Å². The summed E-state index contributed by atoms with van der Waals surface area (Å²) in [5, 5.41) is 12.8. The van der Waals surface area contributed by atoms with E-state index in [1.165, 1.54) is 0 Å². The molecule has 1 aliphatic heterocycles. The molecule has 0 aromatic rings. The van der Waals surface area contributed by atoms with Crippen LogP contribution in [-0.4, -0.2) is 24.8 Å². The molecule has 1 aliphatic rings. The van der Waals surface area contributed by atoms with E-state index in [0.29, 0.717) is 12.0 Å². The standard InChI is InChI=1S/C11H23NO/c1-10(2,3)8-11(9-13)4-6-12-7-5-11/h12-13H,4-9H2,1-3H3. The van der Waals surface area contributed by atoms with Crippen molar-refractivity contribution in [2.75, 3.05) is 19.7 Å². The molecule has 1 heterocycles. The molecular formula is C11H23NO. The van der Waals surface area contributed by atoms with Crippen LogP contribution in [0.4, 0.5) is 0 Å². The summed E-state index contributed by atoms with van der Waals surface area (Å²) in [4.78, 5) is 0. The number of hydrogen-bond acceptors (Lipinski definition) is 2. The minimum absolute atomic E-state index is 0.198. The molecule has 78 valence electrons. The normalized spacial score (nSPS) is 23.1. The van der Waals surface area contributed by atoms with E-state index in [-0.39, 0.29) is 5.41 Å². The van der Waals surface area contributed by atoms with Crippen LogP contribution in [0.25, 0.3) is 0 Å². The van der Waals surface area contributed by atoms with Crippen LogP contribution in [0.5, 0.6) is 0 Å². The fourth-order valence-corrected chi connectivity index (χ4v) is 2.47. The van der Waals surface area contributed by atoms with Crippen molar-refractivity contribution in [1.82, 2.24) is 5.32 Å². The minimum atomic E-state index is 0.198. The van der Waals surface area contributed by atoms with E-state index < -0.39 is 0 Å². The van der Waals surface area contributed by atoms with Gasteiger partial charge >= 0.3 is 0 Å². The lowest BCUT2D eigenvalue weighted by Gasteiger charge is -2.40. The molecule has 0 aromatic heterocycles. The van der Waals surface area contributed by atoms with E-state index in [1.807, 2.05) is 0 Å². The molecule has 2 heteroatoms. The highest BCUT2D eigenvalue weighted by Gasteiger charge is 2.34. The highest BCUT2D eigenvalue weighted by molar-refractivity contribution is 4.87. The van der Waals surface area contributed by atoms with E-state index in [0.717, 1.165) is 32.4 Å². The van der Waals surface area contributed by atoms with Crippen LogP contribution in [-0.2, 0) is 0 Å². The smallest absolute Gasteiger partial charge is 0.0488 e. The average molecular weight is 185 g/mol. The minimum Gasteiger partial charge on any atom is -0.396 e. The van der Waals surface area contributed by atoms with E-state index in [4.69, 9.17) is 0 Å². The summed E-state index contributed by atoms with van der Waals surface area (Å²) in [6, 6.07) is 0. The van der Waals surface area contributed by atoms with Crippen LogP contribution >= 0.6 is 0 Å². The number of aliphatic hydroxyl groups excluding tert-OH is 1. The Labute approximate surface area is 81.7 Å². The van der Waals surface area contributed by atoms with Gasteiger partial charge in [-0.15, -0.1) is 0 Å². The van der Waals surface area contributed by atoms with Gasteiger partial charge in [0.1, 0.15) is 0 Å². The van der Waals surface area contributed by atoms with Gasteiger partial charge in [0.2, 0.25) is 0 Å². The van der Waals surface area contributed by atoms with Crippen molar-refractivity contribution in [3.63, 3.8) is 0 Å². The third-order valence-corrected chi connectivity index (χ3v) is 2.90. The average Bonchev–Trinajstić information content (AvgIpc) is 2.03. The van der Waals surface area contributed by atoms with Gasteiger partial charge < -0.3 is 10.4 Å². The van der Waals surface area contributed by atoms with Gasteiger partial charge in [-0.05, 0) is 43.2 Å². The summed E-state index contributed by atoms with van der Waals surface area (Å²) < 4.78 is 0. The van der Waals surface area contributed by atoms with Crippen molar-refractivity contribution in [2.24, 2.45) is 10.8 Å². The molecule has 0 unspecified atom stereocenters. The zero-order valence-electron chi connectivity index (χ0n) is 9.19. The second-order valence-electron chi connectivity index (χ2n) is 5.65. The molecule has 2 N–H and O–H groups in total. The number of nitrogens with one attached hydrogen (secondary N) is 1. The highest BCUT2D eigenvalue weighted by Crippen LogP contribution is 2.39. The molecule has 0 amide bonds. The zero-order valence-corrected chi connectivity index (χ0v) is 9.19. The molecule has 0 radical (unpaired) electrons. The number of rotatable bonds is 2. The maximum Gasteiger partial charge on any atom is 0.0488 e. The number of piperidine rings is 1. The van der Waals surface area contributed by atoms with E-state index >= 15 is 0 Å². The lowest BCUT2D eigenvalue weighted by atomic mass is 9.69. The summed E-state index contributed by atoms with van der Waals surface area (Å²) in [6.07, 6.45) is 3.39. The molecule has 13 heavy (non-hydrogen) atoms. The van der Waals surface area contributed by atoms with Crippen molar-refractivity contribution in [3.8, 4) is 0 Å². The zero-order chi connectivity index (χ0) is 9.95.